The molecule has 5 rings (SSSR count). The quantitative estimate of drug-likeness (QED) is 0.487. The highest BCUT2D eigenvalue weighted by molar-refractivity contribution is 5.96. The fraction of sp³-hybridized carbons (Fsp3) is 0.250. The Morgan fingerprint density at radius 3 is 2.50 bits per heavy atom. The highest BCUT2D eigenvalue weighted by atomic mass is 19.1. The molecule has 0 radical (unpaired) electrons. The number of rotatable bonds is 5. The molecule has 0 spiro atoms. The molecule has 7 nitrogen and oxygen atoms in total. The predicted octanol–water partition coefficient (Wildman–Crippen LogP) is 2.97. The SMILES string of the molecule is O=C(c1cnc2c(c1)ncn2Cc1cccnc1)N1CCN(Cc2ccc(F)cc2)CC1. The number of amides is 1. The van der Waals surface area contributed by atoms with Gasteiger partial charge in [0.1, 0.15) is 11.3 Å². The lowest BCUT2D eigenvalue weighted by molar-refractivity contribution is 0.0628. The molecule has 4 heterocycles. The number of aromatic nitrogens is 4. The maximum Gasteiger partial charge on any atom is 0.255 e. The number of hydrogen-bond donors (Lipinski definition) is 0. The van der Waals surface area contributed by atoms with Crippen molar-refractivity contribution in [1.82, 2.24) is 29.3 Å². The van der Waals surface area contributed by atoms with E-state index in [0.29, 0.717) is 30.7 Å². The van der Waals surface area contributed by atoms with Crippen LogP contribution in [0.2, 0.25) is 0 Å². The monoisotopic (exact) mass is 430 g/mol. The summed E-state index contributed by atoms with van der Waals surface area (Å²) in [7, 11) is 0. The Morgan fingerprint density at radius 1 is 0.938 bits per heavy atom. The molecule has 0 unspecified atom stereocenters. The molecule has 4 aromatic rings. The van der Waals surface area contributed by atoms with Crippen molar-refractivity contribution in [3.05, 3.63) is 89.9 Å². The number of fused-ring (bicyclic) bond motifs is 1. The molecule has 1 saturated heterocycles. The normalized spacial score (nSPS) is 14.7. The number of piperazine rings is 1. The van der Waals surface area contributed by atoms with E-state index in [4.69, 9.17) is 0 Å². The predicted molar refractivity (Wildman–Crippen MR) is 118 cm³/mol. The van der Waals surface area contributed by atoms with Crippen molar-refractivity contribution in [2.75, 3.05) is 26.2 Å². The van der Waals surface area contributed by atoms with Crippen LogP contribution in [0.1, 0.15) is 21.5 Å². The van der Waals surface area contributed by atoms with Crippen molar-refractivity contribution >= 4 is 17.1 Å². The van der Waals surface area contributed by atoms with Crippen LogP contribution in [0.3, 0.4) is 0 Å². The first-order chi connectivity index (χ1) is 15.7. The van der Waals surface area contributed by atoms with Gasteiger partial charge in [0.05, 0.1) is 18.4 Å². The summed E-state index contributed by atoms with van der Waals surface area (Å²) >= 11 is 0. The summed E-state index contributed by atoms with van der Waals surface area (Å²) in [6.45, 7) is 4.23. The van der Waals surface area contributed by atoms with E-state index in [1.807, 2.05) is 33.9 Å². The number of pyridine rings is 2. The number of carbonyl (C=O) groups excluding carboxylic acids is 1. The van der Waals surface area contributed by atoms with Gasteiger partial charge < -0.3 is 9.47 Å². The van der Waals surface area contributed by atoms with Crippen LogP contribution in [0.25, 0.3) is 11.2 Å². The van der Waals surface area contributed by atoms with Crippen LogP contribution < -0.4 is 0 Å². The third kappa shape index (κ3) is 4.36. The summed E-state index contributed by atoms with van der Waals surface area (Å²) in [5, 5.41) is 0. The van der Waals surface area contributed by atoms with Crippen LogP contribution in [0.15, 0.2) is 67.4 Å². The molecular formula is C24H23FN6O. The first-order valence-corrected chi connectivity index (χ1v) is 10.6. The first kappa shape index (κ1) is 20.3. The summed E-state index contributed by atoms with van der Waals surface area (Å²) in [5.74, 6) is -0.251. The standard InChI is InChI=1S/C24H23FN6O/c25-21-5-3-18(4-6-21)15-29-8-10-30(11-9-29)24(32)20-12-22-23(27-14-20)31(17-28-22)16-19-2-1-7-26-13-19/h1-7,12-14,17H,8-11,15-16H2. The Labute approximate surface area is 185 Å². The van der Waals surface area contributed by atoms with Gasteiger partial charge >= 0.3 is 0 Å². The first-order valence-electron chi connectivity index (χ1n) is 10.6. The van der Waals surface area contributed by atoms with E-state index >= 15 is 0 Å². The third-order valence-corrected chi connectivity index (χ3v) is 5.76. The Kier molecular flexibility index (Phi) is 5.60. The zero-order chi connectivity index (χ0) is 21.9. The molecule has 0 atom stereocenters. The van der Waals surface area contributed by atoms with Crippen LogP contribution in [0.4, 0.5) is 4.39 Å². The summed E-state index contributed by atoms with van der Waals surface area (Å²) in [5.41, 5.74) is 4.13. The second-order valence-electron chi connectivity index (χ2n) is 8.00. The van der Waals surface area contributed by atoms with Gasteiger partial charge in [0.25, 0.3) is 5.91 Å². The number of hydrogen-bond acceptors (Lipinski definition) is 5. The number of halogens is 1. The average molecular weight is 430 g/mol. The van der Waals surface area contributed by atoms with E-state index in [9.17, 15) is 9.18 Å². The summed E-state index contributed by atoms with van der Waals surface area (Å²) < 4.78 is 15.0. The number of imidazole rings is 1. The van der Waals surface area contributed by atoms with Gasteiger partial charge in [0.2, 0.25) is 0 Å². The summed E-state index contributed by atoms with van der Waals surface area (Å²) in [6.07, 6.45) is 6.94. The highest BCUT2D eigenvalue weighted by Crippen LogP contribution is 2.17. The smallest absolute Gasteiger partial charge is 0.255 e. The van der Waals surface area contributed by atoms with E-state index in [2.05, 4.69) is 19.9 Å². The molecule has 1 aliphatic heterocycles. The van der Waals surface area contributed by atoms with Gasteiger partial charge in [-0.3, -0.25) is 14.7 Å². The topological polar surface area (TPSA) is 67.2 Å². The molecule has 1 aliphatic rings. The molecule has 0 saturated carbocycles. The lowest BCUT2D eigenvalue weighted by Crippen LogP contribution is -2.48. The molecule has 162 valence electrons. The Morgan fingerprint density at radius 2 is 1.75 bits per heavy atom. The Bertz CT molecular complexity index is 1220. The minimum absolute atomic E-state index is 0.0253. The fourth-order valence-corrected chi connectivity index (χ4v) is 4.01. The second-order valence-corrected chi connectivity index (χ2v) is 8.00. The molecule has 0 bridgehead atoms. The van der Waals surface area contributed by atoms with Crippen LogP contribution in [-0.2, 0) is 13.1 Å². The van der Waals surface area contributed by atoms with Crippen LogP contribution in [0, 0.1) is 5.82 Å². The molecule has 1 fully saturated rings. The van der Waals surface area contributed by atoms with Crippen molar-refractivity contribution < 1.29 is 9.18 Å². The Balaban J connectivity index is 1.23. The number of carbonyl (C=O) groups is 1. The Hall–Kier alpha value is -3.65. The van der Waals surface area contributed by atoms with E-state index in [0.717, 1.165) is 36.4 Å². The zero-order valence-electron chi connectivity index (χ0n) is 17.6. The van der Waals surface area contributed by atoms with Crippen molar-refractivity contribution in [1.29, 1.82) is 0 Å². The average Bonchev–Trinajstić information content (AvgIpc) is 3.23. The maximum atomic E-state index is 13.1. The van der Waals surface area contributed by atoms with Gasteiger partial charge in [-0.15, -0.1) is 0 Å². The maximum absolute atomic E-state index is 13.1. The van der Waals surface area contributed by atoms with E-state index in [-0.39, 0.29) is 11.7 Å². The summed E-state index contributed by atoms with van der Waals surface area (Å²) in [4.78, 5) is 30.3. The van der Waals surface area contributed by atoms with Gasteiger partial charge in [0.15, 0.2) is 5.65 Å². The number of nitrogens with zero attached hydrogens (tertiary/aromatic N) is 6. The van der Waals surface area contributed by atoms with Gasteiger partial charge in [0, 0.05) is 51.3 Å². The molecule has 32 heavy (non-hydrogen) atoms. The van der Waals surface area contributed by atoms with Crippen molar-refractivity contribution in [2.24, 2.45) is 0 Å². The molecular weight excluding hydrogens is 407 g/mol. The lowest BCUT2D eigenvalue weighted by Gasteiger charge is -2.34. The molecule has 3 aromatic heterocycles. The van der Waals surface area contributed by atoms with Crippen LogP contribution in [0.5, 0.6) is 0 Å². The fourth-order valence-electron chi connectivity index (χ4n) is 4.01. The minimum atomic E-state index is -0.225. The van der Waals surface area contributed by atoms with Crippen molar-refractivity contribution in [2.45, 2.75) is 13.1 Å². The molecule has 1 aromatic carbocycles. The second kappa shape index (κ2) is 8.84. The zero-order valence-corrected chi connectivity index (χ0v) is 17.6. The van der Waals surface area contributed by atoms with Gasteiger partial charge in [-0.2, -0.15) is 0 Å². The lowest BCUT2D eigenvalue weighted by atomic mass is 10.1. The summed E-state index contributed by atoms with van der Waals surface area (Å²) in [6, 6.07) is 12.3. The van der Waals surface area contributed by atoms with E-state index in [1.165, 1.54) is 12.1 Å². The molecule has 0 aliphatic carbocycles. The van der Waals surface area contributed by atoms with Crippen molar-refractivity contribution in [3.8, 4) is 0 Å². The van der Waals surface area contributed by atoms with Gasteiger partial charge in [-0.1, -0.05) is 18.2 Å². The number of benzene rings is 1. The van der Waals surface area contributed by atoms with E-state index in [1.54, 1.807) is 30.9 Å². The van der Waals surface area contributed by atoms with Crippen molar-refractivity contribution in [3.63, 3.8) is 0 Å². The molecule has 1 amide bonds. The molecule has 8 heteroatoms. The third-order valence-electron chi connectivity index (χ3n) is 5.76. The van der Waals surface area contributed by atoms with Gasteiger partial charge in [-0.05, 0) is 35.4 Å². The molecule has 0 N–H and O–H groups in total. The van der Waals surface area contributed by atoms with Gasteiger partial charge in [-0.25, -0.2) is 14.4 Å². The largest absolute Gasteiger partial charge is 0.336 e. The highest BCUT2D eigenvalue weighted by Gasteiger charge is 2.23. The van der Waals surface area contributed by atoms with E-state index < -0.39 is 0 Å². The minimum Gasteiger partial charge on any atom is -0.336 e. The van der Waals surface area contributed by atoms with Crippen LogP contribution >= 0.6 is 0 Å². The van der Waals surface area contributed by atoms with Crippen LogP contribution in [-0.4, -0.2) is 61.4 Å².